The number of aromatic nitrogens is 1. The molecular formula is C14H10N4O6S. The van der Waals surface area contributed by atoms with Crippen LogP contribution in [0.2, 0.25) is 0 Å². The Labute approximate surface area is 140 Å². The zero-order valence-electron chi connectivity index (χ0n) is 12.4. The second kappa shape index (κ2) is 6.20. The van der Waals surface area contributed by atoms with Crippen molar-refractivity contribution in [3.63, 3.8) is 0 Å². The first kappa shape index (κ1) is 16.4. The van der Waals surface area contributed by atoms with E-state index in [1.807, 2.05) is 4.83 Å². The van der Waals surface area contributed by atoms with E-state index in [0.717, 1.165) is 6.21 Å². The maximum Gasteiger partial charge on any atom is 0.417 e. The number of aromatic amines is 1. The van der Waals surface area contributed by atoms with Crippen molar-refractivity contribution in [1.82, 2.24) is 9.82 Å². The second-order valence-corrected chi connectivity index (χ2v) is 6.54. The third-order valence-electron chi connectivity index (χ3n) is 3.17. The SMILES string of the molecule is O=c1[nH]c2ccc(S(=O)(=O)N/N=C/c3cccc([N+](=O)[O-])c3)cc2o1. The third-order valence-corrected chi connectivity index (χ3v) is 4.39. The molecule has 1 aromatic heterocycles. The normalized spacial score (nSPS) is 11.8. The lowest BCUT2D eigenvalue weighted by atomic mass is 10.2. The number of nitro groups is 1. The highest BCUT2D eigenvalue weighted by Crippen LogP contribution is 2.16. The molecule has 3 rings (SSSR count). The lowest BCUT2D eigenvalue weighted by Gasteiger charge is -2.02. The maximum absolute atomic E-state index is 12.2. The Balaban J connectivity index is 1.81. The number of fused-ring (bicyclic) bond motifs is 1. The molecule has 2 N–H and O–H groups in total. The molecule has 0 fully saturated rings. The van der Waals surface area contributed by atoms with E-state index in [4.69, 9.17) is 4.42 Å². The highest BCUT2D eigenvalue weighted by atomic mass is 32.2. The van der Waals surface area contributed by atoms with E-state index in [1.165, 1.54) is 42.5 Å². The van der Waals surface area contributed by atoms with E-state index < -0.39 is 20.7 Å². The fourth-order valence-electron chi connectivity index (χ4n) is 2.03. The molecule has 1 heterocycles. The van der Waals surface area contributed by atoms with Gasteiger partial charge in [0.05, 0.1) is 21.6 Å². The summed E-state index contributed by atoms with van der Waals surface area (Å²) in [4.78, 5) is 25.4. The van der Waals surface area contributed by atoms with Gasteiger partial charge in [-0.3, -0.25) is 15.1 Å². The number of H-pyrrole nitrogens is 1. The Kier molecular flexibility index (Phi) is 4.07. The predicted octanol–water partition coefficient (Wildman–Crippen LogP) is 1.34. The number of nitro benzene ring substituents is 1. The van der Waals surface area contributed by atoms with E-state index >= 15 is 0 Å². The van der Waals surface area contributed by atoms with Gasteiger partial charge in [0.2, 0.25) is 0 Å². The molecule has 0 aliphatic heterocycles. The van der Waals surface area contributed by atoms with Gasteiger partial charge in [-0.25, -0.2) is 9.63 Å². The minimum atomic E-state index is -4.00. The number of oxazole rings is 1. The molecule has 10 nitrogen and oxygen atoms in total. The van der Waals surface area contributed by atoms with Crippen molar-refractivity contribution < 1.29 is 17.8 Å². The van der Waals surface area contributed by atoms with E-state index in [1.54, 1.807) is 0 Å². The molecule has 11 heteroatoms. The van der Waals surface area contributed by atoms with E-state index in [2.05, 4.69) is 10.1 Å². The number of benzene rings is 2. The minimum Gasteiger partial charge on any atom is -0.408 e. The average molecular weight is 362 g/mol. The Morgan fingerprint density at radius 2 is 2.04 bits per heavy atom. The third kappa shape index (κ3) is 3.55. The molecule has 0 radical (unpaired) electrons. The molecule has 25 heavy (non-hydrogen) atoms. The van der Waals surface area contributed by atoms with Crippen LogP contribution in [0.3, 0.4) is 0 Å². The summed E-state index contributed by atoms with van der Waals surface area (Å²) < 4.78 is 29.2. The number of nitrogens with one attached hydrogen (secondary N) is 2. The van der Waals surface area contributed by atoms with Crippen LogP contribution in [0.25, 0.3) is 11.1 Å². The fourth-order valence-corrected chi connectivity index (χ4v) is 2.84. The van der Waals surface area contributed by atoms with Gasteiger partial charge >= 0.3 is 5.76 Å². The molecule has 2 aromatic carbocycles. The van der Waals surface area contributed by atoms with Gasteiger partial charge in [-0.15, -0.1) is 0 Å². The van der Waals surface area contributed by atoms with Crippen LogP contribution in [0.1, 0.15) is 5.56 Å². The summed E-state index contributed by atoms with van der Waals surface area (Å²) in [5.41, 5.74) is 0.670. The largest absolute Gasteiger partial charge is 0.417 e. The van der Waals surface area contributed by atoms with Gasteiger partial charge in [0.15, 0.2) is 5.58 Å². The highest BCUT2D eigenvalue weighted by molar-refractivity contribution is 7.89. The summed E-state index contributed by atoms with van der Waals surface area (Å²) in [7, 11) is -4.00. The van der Waals surface area contributed by atoms with Crippen LogP contribution in [0.5, 0.6) is 0 Å². The first-order valence-electron chi connectivity index (χ1n) is 6.77. The summed E-state index contributed by atoms with van der Waals surface area (Å²) in [6.45, 7) is 0. The van der Waals surface area contributed by atoms with Crippen molar-refractivity contribution in [2.24, 2.45) is 5.10 Å². The summed E-state index contributed by atoms with van der Waals surface area (Å²) in [5.74, 6) is -0.693. The quantitative estimate of drug-likeness (QED) is 0.397. The molecule has 3 aromatic rings. The molecule has 128 valence electrons. The van der Waals surface area contributed by atoms with Crippen LogP contribution < -0.4 is 10.6 Å². The van der Waals surface area contributed by atoms with Crippen molar-refractivity contribution in [3.8, 4) is 0 Å². The van der Waals surface area contributed by atoms with Crippen molar-refractivity contribution >= 4 is 33.0 Å². The molecule has 0 saturated carbocycles. The topological polar surface area (TPSA) is 148 Å². The zero-order chi connectivity index (χ0) is 18.0. The van der Waals surface area contributed by atoms with Crippen molar-refractivity contribution in [2.75, 3.05) is 0 Å². The van der Waals surface area contributed by atoms with Crippen LogP contribution in [-0.2, 0) is 10.0 Å². The Hall–Kier alpha value is -3.47. The van der Waals surface area contributed by atoms with Crippen LogP contribution in [0.4, 0.5) is 5.69 Å². The van der Waals surface area contributed by atoms with Gasteiger partial charge in [-0.05, 0) is 12.1 Å². The number of rotatable bonds is 5. The molecule has 0 spiro atoms. The number of hydrazone groups is 1. The molecule has 0 aliphatic carbocycles. The Bertz CT molecular complexity index is 1150. The predicted molar refractivity (Wildman–Crippen MR) is 87.8 cm³/mol. The van der Waals surface area contributed by atoms with Gasteiger partial charge < -0.3 is 4.42 Å². The van der Waals surface area contributed by atoms with Gasteiger partial charge in [0, 0.05) is 23.8 Å². The highest BCUT2D eigenvalue weighted by Gasteiger charge is 2.15. The van der Waals surface area contributed by atoms with Crippen molar-refractivity contribution in [3.05, 3.63) is 68.7 Å². The molecule has 0 amide bonds. The molecule has 0 aliphatic rings. The molecular weight excluding hydrogens is 352 g/mol. The summed E-state index contributed by atoms with van der Waals surface area (Å²) in [6.07, 6.45) is 1.14. The van der Waals surface area contributed by atoms with Gasteiger partial charge in [-0.2, -0.15) is 13.5 Å². The Morgan fingerprint density at radius 3 is 2.80 bits per heavy atom. The van der Waals surface area contributed by atoms with E-state index in [0.29, 0.717) is 11.1 Å². The maximum atomic E-state index is 12.2. The first-order chi connectivity index (χ1) is 11.8. The van der Waals surface area contributed by atoms with Crippen LogP contribution in [0, 0.1) is 10.1 Å². The number of non-ortho nitro benzene ring substituents is 1. The van der Waals surface area contributed by atoms with Crippen LogP contribution >= 0.6 is 0 Å². The number of hydrogen-bond donors (Lipinski definition) is 2. The van der Waals surface area contributed by atoms with E-state index in [9.17, 15) is 23.3 Å². The van der Waals surface area contributed by atoms with E-state index in [-0.39, 0.29) is 16.2 Å². The summed E-state index contributed by atoms with van der Waals surface area (Å²) in [5, 5.41) is 14.3. The summed E-state index contributed by atoms with van der Waals surface area (Å²) in [6, 6.07) is 9.39. The average Bonchev–Trinajstić information content (AvgIpc) is 2.94. The molecule has 0 bridgehead atoms. The smallest absolute Gasteiger partial charge is 0.408 e. The van der Waals surface area contributed by atoms with Crippen LogP contribution in [0.15, 0.2) is 61.7 Å². The monoisotopic (exact) mass is 362 g/mol. The van der Waals surface area contributed by atoms with Gasteiger partial charge in [-0.1, -0.05) is 12.1 Å². The molecule has 0 saturated heterocycles. The minimum absolute atomic E-state index is 0.0931. The first-order valence-corrected chi connectivity index (χ1v) is 8.26. The standard InChI is InChI=1S/C14H10N4O6S/c19-14-16-12-5-4-11(7-13(12)24-14)25(22,23)17-15-8-9-2-1-3-10(6-9)18(20)21/h1-8,17H,(H,16,19)/b15-8+. The van der Waals surface area contributed by atoms with Crippen LogP contribution in [-0.4, -0.2) is 24.5 Å². The zero-order valence-corrected chi connectivity index (χ0v) is 13.2. The second-order valence-electron chi connectivity index (χ2n) is 4.88. The molecule has 0 atom stereocenters. The molecule has 0 unspecified atom stereocenters. The van der Waals surface area contributed by atoms with Gasteiger partial charge in [0.1, 0.15) is 0 Å². The van der Waals surface area contributed by atoms with Crippen molar-refractivity contribution in [1.29, 1.82) is 0 Å². The Morgan fingerprint density at radius 1 is 1.24 bits per heavy atom. The number of nitrogens with zero attached hydrogens (tertiary/aromatic N) is 2. The number of sulfonamides is 1. The lowest BCUT2D eigenvalue weighted by molar-refractivity contribution is -0.384. The number of hydrogen-bond acceptors (Lipinski definition) is 7. The fraction of sp³-hybridized carbons (Fsp3) is 0. The lowest BCUT2D eigenvalue weighted by Crippen LogP contribution is -2.18. The summed E-state index contributed by atoms with van der Waals surface area (Å²) >= 11 is 0. The van der Waals surface area contributed by atoms with Gasteiger partial charge in [0.25, 0.3) is 15.7 Å². The van der Waals surface area contributed by atoms with Crippen molar-refractivity contribution in [2.45, 2.75) is 4.90 Å².